The Kier molecular flexibility index (Phi) is 6.27. The van der Waals surface area contributed by atoms with Crippen molar-refractivity contribution in [2.45, 2.75) is 52.0 Å². The number of hydrogen-bond acceptors (Lipinski definition) is 5. The molecule has 5 rings (SSSR count). The lowest BCUT2D eigenvalue weighted by Crippen LogP contribution is -2.42. The molecule has 1 atom stereocenters. The molecule has 0 bridgehead atoms. The molecule has 0 radical (unpaired) electrons. The van der Waals surface area contributed by atoms with E-state index in [0.717, 1.165) is 30.4 Å². The fourth-order valence-corrected chi connectivity index (χ4v) is 5.21. The summed E-state index contributed by atoms with van der Waals surface area (Å²) >= 11 is 3.31. The molecule has 2 aliphatic rings. The monoisotopic (exact) mass is 538 g/mol. The summed E-state index contributed by atoms with van der Waals surface area (Å²) in [5.74, 6) is 0.0219. The number of hydrogen-bond donors (Lipinski definition) is 1. The number of nitrogens with one attached hydrogen (secondary N) is 1. The van der Waals surface area contributed by atoms with E-state index in [9.17, 15) is 14.0 Å². The lowest BCUT2D eigenvalue weighted by Gasteiger charge is -2.34. The summed E-state index contributed by atoms with van der Waals surface area (Å²) < 4.78 is 20.6. The van der Waals surface area contributed by atoms with Crippen molar-refractivity contribution in [3.8, 4) is 0 Å². The van der Waals surface area contributed by atoms with Gasteiger partial charge in [-0.05, 0) is 85.3 Å². The van der Waals surface area contributed by atoms with E-state index in [2.05, 4.69) is 31.4 Å². The summed E-state index contributed by atoms with van der Waals surface area (Å²) in [4.78, 5) is 32.0. The molecule has 9 heteroatoms. The van der Waals surface area contributed by atoms with Gasteiger partial charge in [0, 0.05) is 46.1 Å². The van der Waals surface area contributed by atoms with E-state index in [1.54, 1.807) is 23.2 Å². The SMILES string of the molecule is Cc1c(C(=O)N2c3ccc(F)cc3CCC2C)oc2c1/C(=N/NC(=O)c1cncc(Br)c1)CCC2. The molecule has 3 aromatic rings. The molecule has 1 aromatic carbocycles. The Labute approximate surface area is 210 Å². The maximum atomic E-state index is 13.8. The van der Waals surface area contributed by atoms with Crippen LogP contribution in [-0.4, -0.2) is 28.6 Å². The number of furan rings is 1. The van der Waals surface area contributed by atoms with Crippen LogP contribution in [0.4, 0.5) is 10.1 Å². The Morgan fingerprint density at radius 1 is 1.23 bits per heavy atom. The average Bonchev–Trinajstić information content (AvgIpc) is 3.19. The first-order valence-electron chi connectivity index (χ1n) is 11.6. The standard InChI is InChI=1S/C26H24BrFN4O3/c1-14-6-7-16-11-19(28)8-9-21(16)32(14)26(34)24-15(2)23-20(4-3-5-22(23)35-24)30-31-25(33)17-10-18(27)13-29-12-17/h8-14H,3-7H2,1-2H3,(H,31,33)/b30-20+. The van der Waals surface area contributed by atoms with E-state index in [-0.39, 0.29) is 29.4 Å². The van der Waals surface area contributed by atoms with Gasteiger partial charge >= 0.3 is 0 Å². The van der Waals surface area contributed by atoms with Crippen molar-refractivity contribution < 1.29 is 18.4 Å². The normalized spacial score (nSPS) is 18.2. The number of hydrazone groups is 1. The number of carbonyl (C=O) groups excluding carboxylic acids is 2. The van der Waals surface area contributed by atoms with E-state index in [1.165, 1.54) is 18.3 Å². The van der Waals surface area contributed by atoms with Crippen molar-refractivity contribution in [2.24, 2.45) is 5.10 Å². The maximum absolute atomic E-state index is 13.8. The first-order valence-corrected chi connectivity index (χ1v) is 12.3. The lowest BCUT2D eigenvalue weighted by molar-refractivity contribution is 0.0941. The van der Waals surface area contributed by atoms with Crippen LogP contribution in [-0.2, 0) is 12.8 Å². The molecule has 0 spiro atoms. The minimum absolute atomic E-state index is 0.0479. The van der Waals surface area contributed by atoms with Gasteiger partial charge in [0.25, 0.3) is 11.8 Å². The van der Waals surface area contributed by atoms with Crippen LogP contribution in [0.25, 0.3) is 0 Å². The van der Waals surface area contributed by atoms with Gasteiger partial charge in [0.2, 0.25) is 0 Å². The average molecular weight is 539 g/mol. The Morgan fingerprint density at radius 3 is 2.86 bits per heavy atom. The molecule has 1 aliphatic heterocycles. The van der Waals surface area contributed by atoms with E-state index >= 15 is 0 Å². The van der Waals surface area contributed by atoms with Gasteiger partial charge in [-0.2, -0.15) is 5.10 Å². The highest BCUT2D eigenvalue weighted by molar-refractivity contribution is 9.10. The van der Waals surface area contributed by atoms with E-state index in [0.29, 0.717) is 45.6 Å². The summed E-state index contributed by atoms with van der Waals surface area (Å²) in [6.07, 6.45) is 6.66. The first kappa shape index (κ1) is 23.4. The third-order valence-electron chi connectivity index (χ3n) is 6.57. The smallest absolute Gasteiger partial charge is 0.294 e. The number of carbonyl (C=O) groups is 2. The van der Waals surface area contributed by atoms with Gasteiger partial charge in [0.05, 0.1) is 11.3 Å². The molecular weight excluding hydrogens is 515 g/mol. The predicted molar refractivity (Wildman–Crippen MR) is 133 cm³/mol. The van der Waals surface area contributed by atoms with Gasteiger partial charge in [-0.1, -0.05) is 0 Å². The zero-order chi connectivity index (χ0) is 24.7. The van der Waals surface area contributed by atoms with Crippen LogP contribution in [0.5, 0.6) is 0 Å². The first-order chi connectivity index (χ1) is 16.8. The summed E-state index contributed by atoms with van der Waals surface area (Å²) in [5.41, 5.74) is 6.67. The summed E-state index contributed by atoms with van der Waals surface area (Å²) in [5, 5.41) is 4.38. The number of nitrogens with zero attached hydrogens (tertiary/aromatic N) is 3. The van der Waals surface area contributed by atoms with Crippen molar-refractivity contribution in [2.75, 3.05) is 4.90 Å². The van der Waals surface area contributed by atoms with Crippen LogP contribution >= 0.6 is 15.9 Å². The van der Waals surface area contributed by atoms with Crippen LogP contribution in [0.15, 0.2) is 50.7 Å². The molecule has 1 aliphatic carbocycles. The van der Waals surface area contributed by atoms with Crippen LogP contribution < -0.4 is 10.3 Å². The molecule has 1 N–H and O–H groups in total. The second-order valence-electron chi connectivity index (χ2n) is 8.94. The minimum Gasteiger partial charge on any atom is -0.455 e. The molecule has 0 saturated carbocycles. The Bertz CT molecular complexity index is 1370. The fraction of sp³-hybridized carbons (Fsp3) is 0.308. The molecule has 35 heavy (non-hydrogen) atoms. The van der Waals surface area contributed by atoms with Crippen molar-refractivity contribution in [3.05, 3.63) is 80.7 Å². The van der Waals surface area contributed by atoms with Gasteiger partial charge in [0.15, 0.2) is 5.76 Å². The van der Waals surface area contributed by atoms with Crippen molar-refractivity contribution >= 4 is 39.1 Å². The Hall–Kier alpha value is -3.33. The number of aryl methyl sites for hydroxylation is 2. The number of benzene rings is 1. The van der Waals surface area contributed by atoms with E-state index in [1.807, 2.05) is 13.8 Å². The van der Waals surface area contributed by atoms with E-state index < -0.39 is 0 Å². The third-order valence-corrected chi connectivity index (χ3v) is 7.01. The second kappa shape index (κ2) is 9.37. The lowest BCUT2D eigenvalue weighted by atomic mass is 9.92. The molecule has 1 unspecified atom stereocenters. The fourth-order valence-electron chi connectivity index (χ4n) is 4.84. The molecular formula is C26H24BrFN4O3. The highest BCUT2D eigenvalue weighted by Gasteiger charge is 2.35. The summed E-state index contributed by atoms with van der Waals surface area (Å²) in [6, 6.07) is 6.16. The number of halogens is 2. The molecule has 2 amide bonds. The topological polar surface area (TPSA) is 87.8 Å². The van der Waals surface area contributed by atoms with Crippen LogP contribution in [0.3, 0.4) is 0 Å². The molecule has 7 nitrogen and oxygen atoms in total. The Balaban J connectivity index is 1.46. The number of rotatable bonds is 3. The quantitative estimate of drug-likeness (QED) is 0.456. The number of aromatic nitrogens is 1. The third kappa shape index (κ3) is 4.40. The second-order valence-corrected chi connectivity index (χ2v) is 9.85. The zero-order valence-electron chi connectivity index (χ0n) is 19.4. The predicted octanol–water partition coefficient (Wildman–Crippen LogP) is 5.34. The van der Waals surface area contributed by atoms with Crippen LogP contribution in [0.2, 0.25) is 0 Å². The van der Waals surface area contributed by atoms with Gasteiger partial charge in [-0.3, -0.25) is 14.6 Å². The molecule has 0 saturated heterocycles. The summed E-state index contributed by atoms with van der Waals surface area (Å²) in [7, 11) is 0. The van der Waals surface area contributed by atoms with Gasteiger partial charge in [-0.25, -0.2) is 9.82 Å². The van der Waals surface area contributed by atoms with Crippen molar-refractivity contribution in [3.63, 3.8) is 0 Å². The van der Waals surface area contributed by atoms with Gasteiger partial charge in [-0.15, -0.1) is 0 Å². The number of fused-ring (bicyclic) bond motifs is 2. The highest BCUT2D eigenvalue weighted by atomic mass is 79.9. The van der Waals surface area contributed by atoms with E-state index in [4.69, 9.17) is 4.42 Å². The number of anilines is 1. The Morgan fingerprint density at radius 2 is 2.06 bits per heavy atom. The number of amides is 2. The zero-order valence-corrected chi connectivity index (χ0v) is 21.0. The molecule has 3 heterocycles. The summed E-state index contributed by atoms with van der Waals surface area (Å²) in [6.45, 7) is 3.83. The van der Waals surface area contributed by atoms with Crippen molar-refractivity contribution in [1.82, 2.24) is 10.4 Å². The minimum atomic E-state index is -0.373. The maximum Gasteiger partial charge on any atom is 0.294 e. The van der Waals surface area contributed by atoms with Crippen LogP contribution in [0.1, 0.15) is 69.5 Å². The molecule has 180 valence electrons. The highest BCUT2D eigenvalue weighted by Crippen LogP contribution is 2.36. The molecule has 0 fully saturated rings. The van der Waals surface area contributed by atoms with Gasteiger partial charge < -0.3 is 9.32 Å². The van der Waals surface area contributed by atoms with Crippen LogP contribution in [0, 0.1) is 12.7 Å². The number of pyridine rings is 1. The van der Waals surface area contributed by atoms with Gasteiger partial charge in [0.1, 0.15) is 11.6 Å². The largest absolute Gasteiger partial charge is 0.455 e. The molecule has 2 aromatic heterocycles. The van der Waals surface area contributed by atoms with Crippen molar-refractivity contribution in [1.29, 1.82) is 0 Å².